The third kappa shape index (κ3) is 5.23. The lowest BCUT2D eigenvalue weighted by Gasteiger charge is -2.24. The summed E-state index contributed by atoms with van der Waals surface area (Å²) < 4.78 is 66.9. The molecule has 0 radical (unpaired) electrons. The van der Waals surface area contributed by atoms with Gasteiger partial charge in [-0.1, -0.05) is 6.92 Å². The van der Waals surface area contributed by atoms with Crippen molar-refractivity contribution in [1.29, 1.82) is 0 Å². The molecule has 15 heteroatoms. The summed E-state index contributed by atoms with van der Waals surface area (Å²) >= 11 is 0. The molecule has 2 atom stereocenters. The molecule has 1 aliphatic rings. The van der Waals surface area contributed by atoms with Crippen molar-refractivity contribution in [3.8, 4) is 11.5 Å². The lowest BCUT2D eigenvalue weighted by atomic mass is 10.1. The topological polar surface area (TPSA) is 158 Å². The molecule has 2 aromatic rings. The highest BCUT2D eigenvalue weighted by molar-refractivity contribution is 7.66. The van der Waals surface area contributed by atoms with Gasteiger partial charge in [0, 0.05) is 13.7 Å². The Morgan fingerprint density at radius 3 is 2.71 bits per heavy atom. The van der Waals surface area contributed by atoms with Crippen molar-refractivity contribution in [1.82, 2.24) is 9.78 Å². The van der Waals surface area contributed by atoms with E-state index in [1.165, 1.54) is 18.2 Å². The van der Waals surface area contributed by atoms with Gasteiger partial charge in [0.2, 0.25) is 0 Å². The minimum atomic E-state index is -4.44. The van der Waals surface area contributed by atoms with Crippen LogP contribution in [0.2, 0.25) is 0 Å². The summed E-state index contributed by atoms with van der Waals surface area (Å²) in [4.78, 5) is 23.8. The number of alkyl halides is 3. The maximum atomic E-state index is 13.4. The second-order valence-corrected chi connectivity index (χ2v) is 9.46. The van der Waals surface area contributed by atoms with Gasteiger partial charge in [-0.15, -0.1) is 0 Å². The van der Waals surface area contributed by atoms with Crippen LogP contribution >= 0.6 is 7.52 Å². The zero-order chi connectivity index (χ0) is 25.3. The fraction of sp³-hybridized carbons (Fsp3) is 0.368. The van der Waals surface area contributed by atoms with Crippen molar-refractivity contribution in [2.75, 3.05) is 19.0 Å². The number of hydrogen-bond acceptors (Lipinski definition) is 8. The summed E-state index contributed by atoms with van der Waals surface area (Å²) in [5, 5.41) is 16.8. The Bertz CT molecular complexity index is 1250. The first-order valence-electron chi connectivity index (χ1n) is 9.80. The van der Waals surface area contributed by atoms with Crippen LogP contribution in [0.15, 0.2) is 34.0 Å². The number of anilines is 1. The van der Waals surface area contributed by atoms with Crippen molar-refractivity contribution in [2.24, 2.45) is 16.4 Å². The van der Waals surface area contributed by atoms with Crippen LogP contribution in [0.1, 0.15) is 18.9 Å². The van der Waals surface area contributed by atoms with Crippen LogP contribution in [-0.2, 0) is 20.4 Å². The largest absolute Gasteiger partial charge is 0.505 e. The van der Waals surface area contributed by atoms with Crippen LogP contribution in [0, 0.1) is 5.92 Å². The highest BCUT2D eigenvalue weighted by atomic mass is 31.2. The van der Waals surface area contributed by atoms with Crippen LogP contribution < -0.4 is 26.7 Å². The number of primary amides is 1. The van der Waals surface area contributed by atoms with Gasteiger partial charge in [0.25, 0.3) is 11.5 Å². The van der Waals surface area contributed by atoms with Crippen molar-refractivity contribution < 1.29 is 36.9 Å². The third-order valence-corrected chi connectivity index (χ3v) is 6.92. The second kappa shape index (κ2) is 9.47. The number of benzene rings is 1. The van der Waals surface area contributed by atoms with Crippen molar-refractivity contribution >= 4 is 30.3 Å². The molecule has 1 aromatic heterocycles. The molecule has 184 valence electrons. The summed E-state index contributed by atoms with van der Waals surface area (Å²) in [5.74, 6) is -3.19. The van der Waals surface area contributed by atoms with Gasteiger partial charge in [0.1, 0.15) is 11.3 Å². The minimum absolute atomic E-state index is 0.0635. The molecule has 1 aromatic carbocycles. The maximum absolute atomic E-state index is 13.4. The van der Waals surface area contributed by atoms with Crippen LogP contribution in [0.5, 0.6) is 11.5 Å². The number of amides is 1. The van der Waals surface area contributed by atoms with E-state index < -0.39 is 55.4 Å². The number of nitrogens with zero attached hydrogens (tertiary/aromatic N) is 3. The molecule has 0 fully saturated rings. The van der Waals surface area contributed by atoms with E-state index in [1.807, 2.05) is 0 Å². The smallest absolute Gasteiger partial charge is 0.391 e. The number of hydrogen-bond donors (Lipinski definition) is 3. The number of fused-ring (bicyclic) bond motifs is 1. The number of aryl methyl sites for hydroxylation is 1. The summed E-state index contributed by atoms with van der Waals surface area (Å²) in [7, 11) is -2.87. The first kappa shape index (κ1) is 25.2. The van der Waals surface area contributed by atoms with Crippen LogP contribution in [0.25, 0.3) is 0 Å². The van der Waals surface area contributed by atoms with Gasteiger partial charge in [-0.3, -0.25) is 14.2 Å². The second-order valence-electron chi connectivity index (χ2n) is 7.37. The number of halogens is 3. The van der Waals surface area contributed by atoms with E-state index in [-0.39, 0.29) is 29.1 Å². The van der Waals surface area contributed by atoms with E-state index in [4.69, 9.17) is 15.0 Å². The number of carbonyl (C=O) groups is 1. The van der Waals surface area contributed by atoms with Gasteiger partial charge in [0.05, 0.1) is 23.1 Å². The Balaban J connectivity index is 1.98. The number of aromatic nitrogens is 2. The van der Waals surface area contributed by atoms with Gasteiger partial charge in [0.15, 0.2) is 18.2 Å². The quantitative estimate of drug-likeness (QED) is 0.460. The lowest BCUT2D eigenvalue weighted by Crippen LogP contribution is -2.35. The van der Waals surface area contributed by atoms with E-state index >= 15 is 0 Å². The summed E-state index contributed by atoms with van der Waals surface area (Å²) in [5.41, 5.74) is 3.87. The fourth-order valence-corrected chi connectivity index (χ4v) is 4.55. The summed E-state index contributed by atoms with van der Waals surface area (Å²) in [6.45, 7) is 0.181. The molecule has 0 saturated carbocycles. The molecule has 1 amide bonds. The predicted octanol–water partition coefficient (Wildman–Crippen LogP) is 1.74. The molecule has 1 aliphatic heterocycles. The zero-order valence-corrected chi connectivity index (χ0v) is 18.9. The third-order valence-electron chi connectivity index (χ3n) is 4.98. The van der Waals surface area contributed by atoms with E-state index in [9.17, 15) is 32.4 Å². The van der Waals surface area contributed by atoms with E-state index in [1.54, 1.807) is 0 Å². The van der Waals surface area contributed by atoms with Crippen molar-refractivity contribution in [2.45, 2.75) is 26.1 Å². The Morgan fingerprint density at radius 2 is 2.09 bits per heavy atom. The number of nitrogens with one attached hydrogen (secondary N) is 1. The normalized spacial score (nSPS) is 18.4. The molecule has 2 heterocycles. The Hall–Kier alpha value is -3.38. The van der Waals surface area contributed by atoms with E-state index in [0.29, 0.717) is 0 Å². The molecular formula is C19H21F3N5O6P. The number of rotatable bonds is 8. The molecule has 0 aliphatic carbocycles. The molecule has 3 rings (SSSR count). The zero-order valence-electron chi connectivity index (χ0n) is 18.0. The van der Waals surface area contributed by atoms with Gasteiger partial charge in [-0.05, 0) is 24.6 Å². The maximum Gasteiger partial charge on any atom is 0.391 e. The molecule has 34 heavy (non-hydrogen) atoms. The van der Waals surface area contributed by atoms with E-state index in [0.717, 1.165) is 24.9 Å². The average Bonchev–Trinajstić information content (AvgIpc) is 2.76. The standard InChI is InChI=1S/C19H21F3N5O6P/c1-10(19(20,21)22)5-6-27-18(30)16(13(28)8-24-27)17-25-12-4-3-11(33-9-15(23)29)7-14(12)34(31,26-17)32-2/h3-4,7-8,10,28H,5-6,9H2,1-2H3,(H2,23,29)(H,25,26,31). The Labute approximate surface area is 190 Å². The summed E-state index contributed by atoms with van der Waals surface area (Å²) in [6, 6.07) is 4.17. The Morgan fingerprint density at radius 1 is 1.38 bits per heavy atom. The van der Waals surface area contributed by atoms with Crippen molar-refractivity contribution in [3.05, 3.63) is 40.3 Å². The minimum Gasteiger partial charge on any atom is -0.505 e. The molecule has 2 unspecified atom stereocenters. The van der Waals surface area contributed by atoms with Gasteiger partial charge in [-0.25, -0.2) is 4.68 Å². The van der Waals surface area contributed by atoms with Gasteiger partial charge < -0.3 is 25.4 Å². The highest BCUT2D eigenvalue weighted by Crippen LogP contribution is 2.51. The number of carbonyl (C=O) groups excluding carboxylic acids is 1. The number of amidine groups is 1. The predicted molar refractivity (Wildman–Crippen MR) is 116 cm³/mol. The SMILES string of the molecule is COP1(=O)N=C(c2c(O)cnn(CCC(C)C(F)(F)F)c2=O)Nc2ccc(OCC(N)=O)cc21. The molecular weight excluding hydrogens is 482 g/mol. The monoisotopic (exact) mass is 503 g/mol. The highest BCUT2D eigenvalue weighted by Gasteiger charge is 2.37. The van der Waals surface area contributed by atoms with Gasteiger partial charge in [-0.2, -0.15) is 23.0 Å². The average molecular weight is 503 g/mol. The van der Waals surface area contributed by atoms with E-state index in [2.05, 4.69) is 15.2 Å². The van der Waals surface area contributed by atoms with Crippen LogP contribution in [-0.4, -0.2) is 46.5 Å². The molecule has 0 saturated heterocycles. The first-order chi connectivity index (χ1) is 15.9. The molecule has 0 bridgehead atoms. The summed E-state index contributed by atoms with van der Waals surface area (Å²) in [6.07, 6.45) is -3.98. The fourth-order valence-electron chi connectivity index (χ4n) is 3.03. The Kier molecular flexibility index (Phi) is 7.03. The van der Waals surface area contributed by atoms with Crippen LogP contribution in [0.3, 0.4) is 0 Å². The first-order valence-corrected chi connectivity index (χ1v) is 11.4. The molecule has 11 nitrogen and oxygen atoms in total. The number of aromatic hydroxyl groups is 1. The number of nitrogens with two attached hydrogens (primary N) is 1. The van der Waals surface area contributed by atoms with Gasteiger partial charge >= 0.3 is 13.7 Å². The molecule has 0 spiro atoms. The lowest BCUT2D eigenvalue weighted by molar-refractivity contribution is -0.171. The van der Waals surface area contributed by atoms with Crippen molar-refractivity contribution in [3.63, 3.8) is 0 Å². The number of ether oxygens (including phenoxy) is 1. The van der Waals surface area contributed by atoms with Crippen LogP contribution in [0.4, 0.5) is 18.9 Å². The molecule has 4 N–H and O–H groups in total.